The number of nitrogens with zero attached hydrogens (tertiary/aromatic N) is 2. The lowest BCUT2D eigenvalue weighted by molar-refractivity contribution is 0.563. The Bertz CT molecular complexity index is 610. The van der Waals surface area contributed by atoms with Crippen LogP contribution in [-0.4, -0.2) is 22.9 Å². The number of halogens is 2. The fraction of sp³-hybridized carbons (Fsp3) is 0.438. The third kappa shape index (κ3) is 3.83. The minimum absolute atomic E-state index is 0.160. The van der Waals surface area contributed by atoms with Gasteiger partial charge in [0.25, 0.3) is 0 Å². The Morgan fingerprint density at radius 1 is 1.43 bits per heavy atom. The molecule has 0 radical (unpaired) electrons. The smallest absolute Gasteiger partial charge is 0.123 e. The minimum atomic E-state index is -0.207. The lowest BCUT2D eigenvalue weighted by Gasteiger charge is -2.18. The summed E-state index contributed by atoms with van der Waals surface area (Å²) in [7, 11) is 1.89. The maximum Gasteiger partial charge on any atom is 0.123 e. The van der Waals surface area contributed by atoms with Crippen LogP contribution in [0, 0.1) is 12.7 Å². The van der Waals surface area contributed by atoms with Gasteiger partial charge < -0.3 is 5.32 Å². The zero-order valence-electron chi connectivity index (χ0n) is 12.7. The van der Waals surface area contributed by atoms with E-state index < -0.39 is 0 Å². The molecule has 2 aromatic rings. The van der Waals surface area contributed by atoms with Gasteiger partial charge in [0.2, 0.25) is 0 Å². The molecule has 2 rings (SSSR count). The average Bonchev–Trinajstić information content (AvgIpc) is 2.69. The molecule has 0 aliphatic rings. The second kappa shape index (κ2) is 7.05. The average molecular weight is 310 g/mol. The molecule has 0 bridgehead atoms. The van der Waals surface area contributed by atoms with E-state index in [1.807, 2.05) is 24.7 Å². The Balaban J connectivity index is 2.28. The Morgan fingerprint density at radius 2 is 2.19 bits per heavy atom. The normalized spacial score (nSPS) is 12.6. The summed E-state index contributed by atoms with van der Waals surface area (Å²) in [6, 6.07) is 6.77. The zero-order chi connectivity index (χ0) is 15.4. The first-order valence-corrected chi connectivity index (χ1v) is 7.54. The highest BCUT2D eigenvalue weighted by atomic mass is 35.5. The number of hydrogen-bond acceptors (Lipinski definition) is 2. The van der Waals surface area contributed by atoms with Crippen LogP contribution in [0.2, 0.25) is 5.02 Å². The molecular formula is C16H21ClFN3. The van der Waals surface area contributed by atoms with Gasteiger partial charge in [-0.15, -0.1) is 0 Å². The van der Waals surface area contributed by atoms with Crippen molar-refractivity contribution in [2.24, 2.45) is 7.05 Å². The molecule has 0 saturated heterocycles. The predicted molar refractivity (Wildman–Crippen MR) is 84.3 cm³/mol. The molecule has 21 heavy (non-hydrogen) atoms. The third-order valence-corrected chi connectivity index (χ3v) is 4.15. The molecule has 1 heterocycles. The SMILES string of the molecule is CCNCC(Cc1c(Cl)c(C)nn1C)c1cccc(F)c1. The highest BCUT2D eigenvalue weighted by Gasteiger charge is 2.18. The van der Waals surface area contributed by atoms with Crippen LogP contribution in [0.1, 0.15) is 29.8 Å². The van der Waals surface area contributed by atoms with E-state index in [0.29, 0.717) is 5.02 Å². The van der Waals surface area contributed by atoms with Gasteiger partial charge in [-0.3, -0.25) is 4.68 Å². The van der Waals surface area contributed by atoms with Crippen LogP contribution >= 0.6 is 11.6 Å². The zero-order valence-corrected chi connectivity index (χ0v) is 13.4. The molecule has 1 aromatic heterocycles. The van der Waals surface area contributed by atoms with Gasteiger partial charge in [-0.05, 0) is 37.6 Å². The quantitative estimate of drug-likeness (QED) is 0.885. The van der Waals surface area contributed by atoms with E-state index in [9.17, 15) is 4.39 Å². The Morgan fingerprint density at radius 3 is 2.76 bits per heavy atom. The molecule has 0 saturated carbocycles. The first kappa shape index (κ1) is 16.0. The van der Waals surface area contributed by atoms with Crippen molar-refractivity contribution >= 4 is 11.6 Å². The van der Waals surface area contributed by atoms with Crippen molar-refractivity contribution in [2.75, 3.05) is 13.1 Å². The number of rotatable bonds is 6. The van der Waals surface area contributed by atoms with Crippen molar-refractivity contribution in [1.82, 2.24) is 15.1 Å². The molecule has 0 amide bonds. The number of aromatic nitrogens is 2. The third-order valence-electron chi connectivity index (χ3n) is 3.66. The number of benzene rings is 1. The molecule has 5 heteroatoms. The highest BCUT2D eigenvalue weighted by molar-refractivity contribution is 6.31. The fourth-order valence-electron chi connectivity index (χ4n) is 2.52. The van der Waals surface area contributed by atoms with E-state index in [1.54, 1.807) is 12.1 Å². The van der Waals surface area contributed by atoms with Gasteiger partial charge in [-0.25, -0.2) is 4.39 Å². The Hall–Kier alpha value is -1.39. The summed E-state index contributed by atoms with van der Waals surface area (Å²) in [6.45, 7) is 5.61. The maximum atomic E-state index is 13.5. The van der Waals surface area contributed by atoms with Crippen LogP contribution in [0.25, 0.3) is 0 Å². The molecule has 114 valence electrons. The van der Waals surface area contributed by atoms with Gasteiger partial charge in [0.1, 0.15) is 5.82 Å². The molecule has 0 spiro atoms. The topological polar surface area (TPSA) is 29.9 Å². The van der Waals surface area contributed by atoms with Crippen LogP contribution < -0.4 is 5.32 Å². The van der Waals surface area contributed by atoms with Crippen molar-refractivity contribution in [3.05, 3.63) is 52.1 Å². The lowest BCUT2D eigenvalue weighted by atomic mass is 9.93. The van der Waals surface area contributed by atoms with E-state index in [1.165, 1.54) is 6.07 Å². The van der Waals surface area contributed by atoms with Crippen LogP contribution in [-0.2, 0) is 13.5 Å². The summed E-state index contributed by atoms with van der Waals surface area (Å²) in [5.74, 6) is -0.0470. The van der Waals surface area contributed by atoms with Gasteiger partial charge in [0.05, 0.1) is 16.4 Å². The van der Waals surface area contributed by atoms with Crippen molar-refractivity contribution in [3.63, 3.8) is 0 Å². The van der Waals surface area contributed by atoms with Gasteiger partial charge in [0, 0.05) is 19.5 Å². The monoisotopic (exact) mass is 309 g/mol. The van der Waals surface area contributed by atoms with E-state index in [2.05, 4.69) is 17.3 Å². The summed E-state index contributed by atoms with van der Waals surface area (Å²) in [5.41, 5.74) is 2.79. The van der Waals surface area contributed by atoms with Crippen molar-refractivity contribution in [2.45, 2.75) is 26.2 Å². The maximum absolute atomic E-state index is 13.5. The van der Waals surface area contributed by atoms with E-state index >= 15 is 0 Å². The summed E-state index contributed by atoms with van der Waals surface area (Å²) in [4.78, 5) is 0. The molecule has 1 unspecified atom stereocenters. The molecule has 1 N–H and O–H groups in total. The number of likely N-dealkylation sites (N-methyl/N-ethyl adjacent to an activating group) is 1. The van der Waals surface area contributed by atoms with Crippen LogP contribution in [0.3, 0.4) is 0 Å². The number of hydrogen-bond donors (Lipinski definition) is 1. The summed E-state index contributed by atoms with van der Waals surface area (Å²) in [5, 5.41) is 8.39. The molecule has 1 atom stereocenters. The Labute approximate surface area is 130 Å². The summed E-state index contributed by atoms with van der Waals surface area (Å²) in [6.07, 6.45) is 0.729. The molecule has 0 aliphatic carbocycles. The molecule has 0 aliphatic heterocycles. The molecule has 1 aromatic carbocycles. The Kier molecular flexibility index (Phi) is 5.37. The van der Waals surface area contributed by atoms with Gasteiger partial charge >= 0.3 is 0 Å². The predicted octanol–water partition coefficient (Wildman–Crippen LogP) is 3.46. The van der Waals surface area contributed by atoms with E-state index in [4.69, 9.17) is 11.6 Å². The highest BCUT2D eigenvalue weighted by Crippen LogP contribution is 2.27. The van der Waals surface area contributed by atoms with Gasteiger partial charge in [-0.1, -0.05) is 30.7 Å². The van der Waals surface area contributed by atoms with E-state index in [-0.39, 0.29) is 11.7 Å². The van der Waals surface area contributed by atoms with Gasteiger partial charge in [-0.2, -0.15) is 5.10 Å². The van der Waals surface area contributed by atoms with Crippen molar-refractivity contribution in [3.8, 4) is 0 Å². The number of aryl methyl sites for hydroxylation is 2. The lowest BCUT2D eigenvalue weighted by Crippen LogP contribution is -2.23. The second-order valence-corrected chi connectivity index (χ2v) is 5.61. The summed E-state index contributed by atoms with van der Waals surface area (Å²) < 4.78 is 15.3. The van der Waals surface area contributed by atoms with Crippen molar-refractivity contribution in [1.29, 1.82) is 0 Å². The molecule has 3 nitrogen and oxygen atoms in total. The van der Waals surface area contributed by atoms with Crippen LogP contribution in [0.15, 0.2) is 24.3 Å². The van der Waals surface area contributed by atoms with Crippen LogP contribution in [0.4, 0.5) is 4.39 Å². The molecule has 0 fully saturated rings. The minimum Gasteiger partial charge on any atom is -0.316 e. The molecular weight excluding hydrogens is 289 g/mol. The van der Waals surface area contributed by atoms with Crippen LogP contribution in [0.5, 0.6) is 0 Å². The fourth-order valence-corrected chi connectivity index (χ4v) is 2.76. The van der Waals surface area contributed by atoms with Gasteiger partial charge in [0.15, 0.2) is 0 Å². The standard InChI is InChI=1S/C16H21ClFN3/c1-4-19-10-13(12-6-5-7-14(18)8-12)9-15-16(17)11(2)20-21(15)3/h5-8,13,19H,4,9-10H2,1-3H3. The first-order chi connectivity index (χ1) is 10.0. The van der Waals surface area contributed by atoms with E-state index in [0.717, 1.165) is 36.5 Å². The number of nitrogens with one attached hydrogen (secondary N) is 1. The summed E-state index contributed by atoms with van der Waals surface area (Å²) >= 11 is 6.33. The first-order valence-electron chi connectivity index (χ1n) is 7.17. The second-order valence-electron chi connectivity index (χ2n) is 5.23. The largest absolute Gasteiger partial charge is 0.316 e. The van der Waals surface area contributed by atoms with Crippen molar-refractivity contribution < 1.29 is 4.39 Å².